The molecule has 0 aliphatic rings. The molecule has 0 N–H and O–H groups in total. The highest BCUT2D eigenvalue weighted by molar-refractivity contribution is 7.11. The Hall–Kier alpha value is -2.70. The Labute approximate surface area is 159 Å². The van der Waals surface area contributed by atoms with E-state index >= 15 is 0 Å². The monoisotopic (exact) mass is 358 g/mol. The maximum absolute atomic E-state index is 9.56. The molecule has 26 heavy (non-hydrogen) atoms. The topological polar surface area (TPSA) is 36.7 Å². The lowest BCUT2D eigenvalue weighted by atomic mass is 10.0. The second kappa shape index (κ2) is 8.12. The van der Waals surface area contributed by atoms with E-state index in [2.05, 4.69) is 55.2 Å². The van der Waals surface area contributed by atoms with Crippen molar-refractivity contribution in [2.24, 2.45) is 5.92 Å². The number of rotatable bonds is 5. The Balaban J connectivity index is 1.85. The van der Waals surface area contributed by atoms with Crippen molar-refractivity contribution in [3.05, 3.63) is 75.6 Å². The molecule has 2 aromatic carbocycles. The van der Waals surface area contributed by atoms with Gasteiger partial charge in [-0.15, -0.1) is 11.3 Å². The van der Waals surface area contributed by atoms with Crippen molar-refractivity contribution in [3.63, 3.8) is 0 Å². The number of aryl methyl sites for hydroxylation is 1. The Morgan fingerprint density at radius 2 is 1.96 bits per heavy atom. The number of benzene rings is 2. The van der Waals surface area contributed by atoms with Gasteiger partial charge in [0.25, 0.3) is 0 Å². The van der Waals surface area contributed by atoms with Crippen molar-refractivity contribution in [1.82, 2.24) is 4.98 Å². The van der Waals surface area contributed by atoms with E-state index in [1.807, 2.05) is 36.6 Å². The number of thiazole rings is 1. The summed E-state index contributed by atoms with van der Waals surface area (Å²) in [5.74, 6) is 0.650. The lowest BCUT2D eigenvalue weighted by Gasteiger charge is -2.05. The van der Waals surface area contributed by atoms with Gasteiger partial charge < -0.3 is 0 Å². The van der Waals surface area contributed by atoms with Gasteiger partial charge in [-0.05, 0) is 36.5 Å². The van der Waals surface area contributed by atoms with E-state index in [-0.39, 0.29) is 0 Å². The average Bonchev–Trinajstić information content (AvgIpc) is 3.10. The molecule has 3 aromatic rings. The van der Waals surface area contributed by atoms with Gasteiger partial charge in [-0.2, -0.15) is 5.26 Å². The highest BCUT2D eigenvalue weighted by Gasteiger charge is 2.09. The van der Waals surface area contributed by atoms with E-state index in [9.17, 15) is 5.26 Å². The molecule has 0 unspecified atom stereocenters. The fraction of sp³-hybridized carbons (Fsp3) is 0.217. The van der Waals surface area contributed by atoms with Crippen LogP contribution in [0.2, 0.25) is 0 Å². The molecular weight excluding hydrogens is 336 g/mol. The minimum atomic E-state index is 0.600. The molecule has 3 rings (SSSR count). The van der Waals surface area contributed by atoms with E-state index in [4.69, 9.17) is 0 Å². The quantitative estimate of drug-likeness (QED) is 0.496. The minimum Gasteiger partial charge on any atom is -0.235 e. The molecule has 0 bridgehead atoms. The zero-order chi connectivity index (χ0) is 18.5. The van der Waals surface area contributed by atoms with Crippen molar-refractivity contribution in [2.45, 2.75) is 27.2 Å². The summed E-state index contributed by atoms with van der Waals surface area (Å²) in [6, 6.07) is 19.0. The van der Waals surface area contributed by atoms with Crippen LogP contribution in [-0.2, 0) is 6.42 Å². The minimum absolute atomic E-state index is 0.600. The summed E-state index contributed by atoms with van der Waals surface area (Å²) in [5, 5.41) is 12.3. The van der Waals surface area contributed by atoms with Crippen LogP contribution in [0.5, 0.6) is 0 Å². The smallest absolute Gasteiger partial charge is 0.134 e. The van der Waals surface area contributed by atoms with Crippen molar-refractivity contribution >= 4 is 23.0 Å². The number of aromatic nitrogens is 1. The molecule has 0 saturated heterocycles. The molecule has 0 atom stereocenters. The zero-order valence-electron chi connectivity index (χ0n) is 15.4. The van der Waals surface area contributed by atoms with Crippen molar-refractivity contribution in [2.75, 3.05) is 0 Å². The van der Waals surface area contributed by atoms with E-state index in [1.54, 1.807) is 0 Å². The molecule has 0 fully saturated rings. The maximum atomic E-state index is 9.56. The van der Waals surface area contributed by atoms with Crippen LogP contribution >= 0.6 is 11.3 Å². The largest absolute Gasteiger partial charge is 0.235 e. The summed E-state index contributed by atoms with van der Waals surface area (Å²) in [4.78, 5) is 4.69. The fourth-order valence-corrected chi connectivity index (χ4v) is 3.68. The molecule has 0 amide bonds. The summed E-state index contributed by atoms with van der Waals surface area (Å²) in [7, 11) is 0. The van der Waals surface area contributed by atoms with Gasteiger partial charge in [0.05, 0.1) is 11.3 Å². The fourth-order valence-electron chi connectivity index (χ4n) is 2.88. The van der Waals surface area contributed by atoms with Gasteiger partial charge in [-0.1, -0.05) is 67.9 Å². The predicted octanol–water partition coefficient (Wildman–Crippen LogP) is 6.38. The molecule has 1 heterocycles. The second-order valence-corrected chi connectivity index (χ2v) is 7.77. The summed E-state index contributed by atoms with van der Waals surface area (Å²) < 4.78 is 0. The van der Waals surface area contributed by atoms with Crippen LogP contribution in [0.3, 0.4) is 0 Å². The Morgan fingerprint density at radius 3 is 2.62 bits per heavy atom. The van der Waals surface area contributed by atoms with Gasteiger partial charge in [-0.3, -0.25) is 0 Å². The zero-order valence-corrected chi connectivity index (χ0v) is 16.2. The molecule has 0 saturated carbocycles. The number of allylic oxidation sites excluding steroid dienone is 1. The first-order valence-corrected chi connectivity index (χ1v) is 9.67. The van der Waals surface area contributed by atoms with Crippen LogP contribution in [0, 0.1) is 24.2 Å². The Kier molecular flexibility index (Phi) is 5.65. The van der Waals surface area contributed by atoms with Gasteiger partial charge in [0.1, 0.15) is 11.1 Å². The third-order valence-corrected chi connectivity index (χ3v) is 4.98. The summed E-state index contributed by atoms with van der Waals surface area (Å²) in [6.07, 6.45) is 2.99. The number of nitrogens with zero attached hydrogens (tertiary/aromatic N) is 2. The maximum Gasteiger partial charge on any atom is 0.134 e. The summed E-state index contributed by atoms with van der Waals surface area (Å²) in [6.45, 7) is 6.50. The van der Waals surface area contributed by atoms with Crippen LogP contribution in [0.15, 0.2) is 53.9 Å². The summed E-state index contributed by atoms with van der Waals surface area (Å²) >= 11 is 1.51. The van der Waals surface area contributed by atoms with Crippen molar-refractivity contribution < 1.29 is 0 Å². The number of nitriles is 1. The molecular formula is C23H22N2S. The van der Waals surface area contributed by atoms with E-state index in [0.29, 0.717) is 11.5 Å². The van der Waals surface area contributed by atoms with Crippen LogP contribution in [0.25, 0.3) is 22.9 Å². The van der Waals surface area contributed by atoms with Gasteiger partial charge in [0, 0.05) is 10.9 Å². The van der Waals surface area contributed by atoms with Crippen molar-refractivity contribution in [3.8, 4) is 17.3 Å². The normalized spacial score (nSPS) is 11.6. The SMILES string of the molecule is Cc1cccc(/C=C(/C#N)c2nc(-c3ccc(CC(C)C)cc3)cs2)c1. The molecule has 0 radical (unpaired) electrons. The second-order valence-electron chi connectivity index (χ2n) is 6.92. The molecule has 0 aliphatic carbocycles. The van der Waals surface area contributed by atoms with Crippen LogP contribution in [-0.4, -0.2) is 4.98 Å². The Morgan fingerprint density at radius 1 is 1.19 bits per heavy atom. The molecule has 3 heteroatoms. The average molecular weight is 359 g/mol. The highest BCUT2D eigenvalue weighted by atomic mass is 32.1. The predicted molar refractivity (Wildman–Crippen MR) is 111 cm³/mol. The molecule has 0 spiro atoms. The van der Waals surface area contributed by atoms with Crippen LogP contribution in [0.4, 0.5) is 0 Å². The van der Waals surface area contributed by atoms with Gasteiger partial charge >= 0.3 is 0 Å². The van der Waals surface area contributed by atoms with Crippen LogP contribution < -0.4 is 0 Å². The van der Waals surface area contributed by atoms with Crippen molar-refractivity contribution in [1.29, 1.82) is 5.26 Å². The first-order chi connectivity index (χ1) is 12.5. The first-order valence-electron chi connectivity index (χ1n) is 8.79. The van der Waals surface area contributed by atoms with Crippen LogP contribution in [0.1, 0.15) is 35.5 Å². The third-order valence-electron chi connectivity index (χ3n) is 4.10. The van der Waals surface area contributed by atoms with Gasteiger partial charge in [0.15, 0.2) is 0 Å². The molecule has 0 aliphatic heterocycles. The molecule has 2 nitrogen and oxygen atoms in total. The lowest BCUT2D eigenvalue weighted by Crippen LogP contribution is -1.93. The third kappa shape index (κ3) is 4.47. The number of hydrogen-bond donors (Lipinski definition) is 0. The first kappa shape index (κ1) is 18.1. The van der Waals surface area contributed by atoms with Gasteiger partial charge in [-0.25, -0.2) is 4.98 Å². The van der Waals surface area contributed by atoms with Gasteiger partial charge in [0.2, 0.25) is 0 Å². The summed E-state index contributed by atoms with van der Waals surface area (Å²) in [5.41, 5.74) is 6.16. The molecule has 1 aromatic heterocycles. The number of hydrogen-bond acceptors (Lipinski definition) is 3. The van der Waals surface area contributed by atoms with E-state index in [0.717, 1.165) is 28.2 Å². The van der Waals surface area contributed by atoms with E-state index < -0.39 is 0 Å². The standard InChI is InChI=1S/C23H22N2S/c1-16(2)11-18-7-9-20(10-8-18)22-15-26-23(25-22)21(14-24)13-19-6-4-5-17(3)12-19/h4-10,12-13,15-16H,11H2,1-3H3/b21-13-. The Bertz CT molecular complexity index is 956. The highest BCUT2D eigenvalue weighted by Crippen LogP contribution is 2.27. The molecule has 130 valence electrons. The lowest BCUT2D eigenvalue weighted by molar-refractivity contribution is 0.647. The van der Waals surface area contributed by atoms with E-state index in [1.165, 1.54) is 22.5 Å².